The van der Waals surface area contributed by atoms with Crippen molar-refractivity contribution in [1.29, 1.82) is 0 Å². The normalized spacial score (nSPS) is 10.4. The highest BCUT2D eigenvalue weighted by Gasteiger charge is 2.08. The summed E-state index contributed by atoms with van der Waals surface area (Å²) in [5, 5.41) is 4.67. The minimum absolute atomic E-state index is 0.0807. The standard InChI is InChI=1S/C11H8BrF2NS/c12-7-4-5-16-10(7)6-15-11-8(13)2-1-3-9(11)14/h1-5,15H,6H2. The molecule has 0 bridgehead atoms. The van der Waals surface area contributed by atoms with E-state index >= 15 is 0 Å². The predicted molar refractivity (Wildman–Crippen MR) is 65.7 cm³/mol. The van der Waals surface area contributed by atoms with Gasteiger partial charge in [-0.15, -0.1) is 11.3 Å². The summed E-state index contributed by atoms with van der Waals surface area (Å²) >= 11 is 4.89. The van der Waals surface area contributed by atoms with Crippen molar-refractivity contribution in [2.24, 2.45) is 0 Å². The van der Waals surface area contributed by atoms with E-state index in [0.29, 0.717) is 6.54 Å². The van der Waals surface area contributed by atoms with Crippen LogP contribution in [0.3, 0.4) is 0 Å². The molecule has 16 heavy (non-hydrogen) atoms. The molecule has 84 valence electrons. The van der Waals surface area contributed by atoms with Gasteiger partial charge in [0.2, 0.25) is 0 Å². The Kier molecular flexibility index (Phi) is 3.56. The molecule has 0 amide bonds. The second-order valence-corrected chi connectivity index (χ2v) is 5.00. The highest BCUT2D eigenvalue weighted by Crippen LogP contribution is 2.25. The Hall–Kier alpha value is -0.940. The zero-order valence-corrected chi connectivity index (χ0v) is 10.5. The van der Waals surface area contributed by atoms with Crippen LogP contribution in [0.2, 0.25) is 0 Å². The number of thiophene rings is 1. The topological polar surface area (TPSA) is 12.0 Å². The van der Waals surface area contributed by atoms with E-state index in [1.165, 1.54) is 29.5 Å². The molecular formula is C11H8BrF2NS. The zero-order chi connectivity index (χ0) is 11.5. The minimum atomic E-state index is -0.576. The van der Waals surface area contributed by atoms with Crippen molar-refractivity contribution in [3.8, 4) is 0 Å². The van der Waals surface area contributed by atoms with Gasteiger partial charge in [0.15, 0.2) is 0 Å². The molecular weight excluding hydrogens is 296 g/mol. The van der Waals surface area contributed by atoms with Crippen molar-refractivity contribution < 1.29 is 8.78 Å². The summed E-state index contributed by atoms with van der Waals surface area (Å²) in [5.74, 6) is -1.15. The molecule has 2 rings (SSSR count). The first-order valence-corrected chi connectivity index (χ1v) is 6.25. The van der Waals surface area contributed by atoms with Gasteiger partial charge < -0.3 is 5.32 Å². The second kappa shape index (κ2) is 4.93. The van der Waals surface area contributed by atoms with Gasteiger partial charge in [0.25, 0.3) is 0 Å². The number of para-hydroxylation sites is 1. The molecule has 0 atom stereocenters. The van der Waals surface area contributed by atoms with E-state index in [4.69, 9.17) is 0 Å². The van der Waals surface area contributed by atoms with Gasteiger partial charge in [-0.05, 0) is 39.5 Å². The SMILES string of the molecule is Fc1cccc(F)c1NCc1sccc1Br. The maximum absolute atomic E-state index is 13.3. The first-order chi connectivity index (χ1) is 7.68. The van der Waals surface area contributed by atoms with E-state index in [9.17, 15) is 8.78 Å². The van der Waals surface area contributed by atoms with Gasteiger partial charge in [-0.25, -0.2) is 8.78 Å². The Balaban J connectivity index is 2.14. The number of halogens is 3. The van der Waals surface area contributed by atoms with Crippen molar-refractivity contribution in [1.82, 2.24) is 0 Å². The van der Waals surface area contributed by atoms with Crippen LogP contribution in [0.25, 0.3) is 0 Å². The van der Waals surface area contributed by atoms with E-state index in [2.05, 4.69) is 21.2 Å². The fourth-order valence-corrected chi connectivity index (χ4v) is 2.72. The van der Waals surface area contributed by atoms with Crippen LogP contribution in [0.4, 0.5) is 14.5 Å². The number of hydrogen-bond donors (Lipinski definition) is 1. The Bertz CT molecular complexity index is 478. The largest absolute Gasteiger partial charge is 0.375 e. The van der Waals surface area contributed by atoms with Gasteiger partial charge in [0, 0.05) is 9.35 Å². The fourth-order valence-electron chi connectivity index (χ4n) is 1.29. The molecule has 2 aromatic rings. The van der Waals surface area contributed by atoms with Gasteiger partial charge in [0.1, 0.15) is 17.3 Å². The third-order valence-electron chi connectivity index (χ3n) is 2.08. The Morgan fingerprint density at radius 2 is 1.88 bits per heavy atom. The number of benzene rings is 1. The van der Waals surface area contributed by atoms with Gasteiger partial charge in [-0.3, -0.25) is 0 Å². The van der Waals surface area contributed by atoms with E-state index < -0.39 is 11.6 Å². The number of anilines is 1. The number of rotatable bonds is 3. The lowest BCUT2D eigenvalue weighted by Crippen LogP contribution is -2.02. The molecule has 1 nitrogen and oxygen atoms in total. The lowest BCUT2D eigenvalue weighted by Gasteiger charge is -2.07. The summed E-state index contributed by atoms with van der Waals surface area (Å²) in [7, 11) is 0. The molecule has 0 fully saturated rings. The highest BCUT2D eigenvalue weighted by atomic mass is 79.9. The van der Waals surface area contributed by atoms with Crippen molar-refractivity contribution in [3.63, 3.8) is 0 Å². The molecule has 0 saturated carbocycles. The van der Waals surface area contributed by atoms with E-state index in [-0.39, 0.29) is 5.69 Å². The lowest BCUT2D eigenvalue weighted by molar-refractivity contribution is 0.588. The molecule has 0 unspecified atom stereocenters. The first-order valence-electron chi connectivity index (χ1n) is 4.58. The van der Waals surface area contributed by atoms with Crippen LogP contribution in [0.5, 0.6) is 0 Å². The Morgan fingerprint density at radius 3 is 2.44 bits per heavy atom. The zero-order valence-electron chi connectivity index (χ0n) is 8.14. The minimum Gasteiger partial charge on any atom is -0.375 e. The van der Waals surface area contributed by atoms with Gasteiger partial charge in [-0.1, -0.05) is 6.07 Å². The summed E-state index contributed by atoms with van der Waals surface area (Å²) < 4.78 is 27.5. The predicted octanol–water partition coefficient (Wildman–Crippen LogP) is 4.40. The van der Waals surface area contributed by atoms with Gasteiger partial charge >= 0.3 is 0 Å². The van der Waals surface area contributed by atoms with E-state index in [1.54, 1.807) is 0 Å². The monoisotopic (exact) mass is 303 g/mol. The molecule has 1 heterocycles. The van der Waals surface area contributed by atoms with Crippen LogP contribution < -0.4 is 5.32 Å². The van der Waals surface area contributed by atoms with Crippen molar-refractivity contribution in [2.45, 2.75) is 6.54 Å². The Morgan fingerprint density at radius 1 is 1.19 bits per heavy atom. The molecule has 0 radical (unpaired) electrons. The summed E-state index contributed by atoms with van der Waals surface area (Å²) in [6, 6.07) is 5.71. The smallest absolute Gasteiger partial charge is 0.149 e. The first kappa shape index (κ1) is 11.5. The van der Waals surface area contributed by atoms with Crippen LogP contribution in [0.1, 0.15) is 4.88 Å². The van der Waals surface area contributed by atoms with E-state index in [0.717, 1.165) is 9.35 Å². The van der Waals surface area contributed by atoms with Gasteiger partial charge in [-0.2, -0.15) is 0 Å². The van der Waals surface area contributed by atoms with Crippen LogP contribution >= 0.6 is 27.3 Å². The summed E-state index contributed by atoms with van der Waals surface area (Å²) in [6.07, 6.45) is 0. The van der Waals surface area contributed by atoms with E-state index in [1.807, 2.05) is 11.4 Å². The fraction of sp³-hybridized carbons (Fsp3) is 0.0909. The highest BCUT2D eigenvalue weighted by molar-refractivity contribution is 9.10. The summed E-state index contributed by atoms with van der Waals surface area (Å²) in [4.78, 5) is 1.00. The van der Waals surface area contributed by atoms with Crippen LogP contribution in [-0.2, 0) is 6.54 Å². The van der Waals surface area contributed by atoms with Crippen LogP contribution in [-0.4, -0.2) is 0 Å². The molecule has 1 aromatic heterocycles. The molecule has 1 aromatic carbocycles. The van der Waals surface area contributed by atoms with Crippen LogP contribution in [0, 0.1) is 11.6 Å². The quantitative estimate of drug-likeness (QED) is 0.886. The number of nitrogens with one attached hydrogen (secondary N) is 1. The summed E-state index contributed by atoms with van der Waals surface area (Å²) in [6.45, 7) is 0.399. The van der Waals surface area contributed by atoms with Crippen molar-refractivity contribution in [3.05, 3.63) is 50.6 Å². The molecule has 0 spiro atoms. The van der Waals surface area contributed by atoms with Crippen molar-refractivity contribution in [2.75, 3.05) is 5.32 Å². The third-order valence-corrected chi connectivity index (χ3v) is 4.01. The lowest BCUT2D eigenvalue weighted by atomic mass is 10.3. The average Bonchev–Trinajstić information content (AvgIpc) is 2.64. The average molecular weight is 304 g/mol. The second-order valence-electron chi connectivity index (χ2n) is 3.14. The molecule has 1 N–H and O–H groups in total. The molecule has 0 saturated heterocycles. The molecule has 0 aliphatic heterocycles. The van der Waals surface area contributed by atoms with Crippen molar-refractivity contribution >= 4 is 33.0 Å². The van der Waals surface area contributed by atoms with Crippen LogP contribution in [0.15, 0.2) is 34.1 Å². The molecule has 0 aliphatic rings. The number of hydrogen-bond acceptors (Lipinski definition) is 2. The molecule has 5 heteroatoms. The van der Waals surface area contributed by atoms with Gasteiger partial charge in [0.05, 0.1) is 6.54 Å². The maximum atomic E-state index is 13.3. The summed E-state index contributed by atoms with van der Waals surface area (Å²) in [5.41, 5.74) is -0.0807. The molecule has 0 aliphatic carbocycles. The third kappa shape index (κ3) is 2.41. The maximum Gasteiger partial charge on any atom is 0.149 e. The Labute approximate surface area is 104 Å².